The highest BCUT2D eigenvalue weighted by Gasteiger charge is 2.16. The fourth-order valence-corrected chi connectivity index (χ4v) is 3.35. The van der Waals surface area contributed by atoms with Gasteiger partial charge >= 0.3 is 0 Å². The Balaban J connectivity index is 1.89. The summed E-state index contributed by atoms with van der Waals surface area (Å²) in [5.74, 6) is 1.74. The van der Waals surface area contributed by atoms with Crippen molar-refractivity contribution in [1.82, 2.24) is 4.90 Å². The van der Waals surface area contributed by atoms with Crippen LogP contribution in [0.4, 0.5) is 5.69 Å². The Kier molecular flexibility index (Phi) is 5.80. The smallest absolute Gasteiger partial charge is 0.0478 e. The van der Waals surface area contributed by atoms with Gasteiger partial charge in [0.25, 0.3) is 0 Å². The predicted molar refractivity (Wildman–Crippen MR) is 86.1 cm³/mol. The number of nitrogens with one attached hydrogen (secondary N) is 1. The molecule has 104 valence electrons. The quantitative estimate of drug-likeness (QED) is 0.630. The minimum atomic E-state index is 0.774. The van der Waals surface area contributed by atoms with E-state index in [2.05, 4.69) is 48.1 Å². The lowest BCUT2D eigenvalue weighted by molar-refractivity contribution is 0.217. The first-order chi connectivity index (χ1) is 9.29. The third-order valence-corrected chi connectivity index (χ3v) is 4.62. The summed E-state index contributed by atoms with van der Waals surface area (Å²) in [4.78, 5) is 3.76. The van der Waals surface area contributed by atoms with Crippen molar-refractivity contribution in [1.29, 1.82) is 0 Å². The molecule has 1 fully saturated rings. The molecule has 1 atom stereocenters. The number of piperidine rings is 1. The van der Waals surface area contributed by atoms with Crippen molar-refractivity contribution in [2.45, 2.75) is 17.7 Å². The molecule has 1 saturated heterocycles. The van der Waals surface area contributed by atoms with E-state index in [1.165, 1.54) is 36.5 Å². The normalized spacial score (nSPS) is 20.2. The highest BCUT2D eigenvalue weighted by molar-refractivity contribution is 7.99. The molecule has 1 aliphatic heterocycles. The average Bonchev–Trinajstić information content (AvgIpc) is 2.44. The Morgan fingerprint density at radius 3 is 3.11 bits per heavy atom. The van der Waals surface area contributed by atoms with Crippen LogP contribution in [0.2, 0.25) is 0 Å². The summed E-state index contributed by atoms with van der Waals surface area (Å²) in [7, 11) is 2.22. The van der Waals surface area contributed by atoms with Gasteiger partial charge in [0.05, 0.1) is 0 Å². The Bertz CT molecular complexity index is 405. The van der Waals surface area contributed by atoms with Crippen molar-refractivity contribution in [3.63, 3.8) is 0 Å². The van der Waals surface area contributed by atoms with Crippen LogP contribution in [0.5, 0.6) is 0 Å². The Hall–Kier alpha value is -0.930. The molecular formula is C16H24N2S. The molecule has 1 aromatic rings. The maximum absolute atomic E-state index is 3.79. The van der Waals surface area contributed by atoms with Crippen LogP contribution in [0.15, 0.2) is 41.8 Å². The summed E-state index contributed by atoms with van der Waals surface area (Å²) >= 11 is 1.84. The third-order valence-electron chi connectivity index (χ3n) is 3.55. The number of anilines is 1. The number of rotatable bonds is 6. The van der Waals surface area contributed by atoms with Gasteiger partial charge in [-0.05, 0) is 44.5 Å². The molecule has 2 nitrogen and oxygen atoms in total. The molecule has 1 aliphatic rings. The van der Waals surface area contributed by atoms with Gasteiger partial charge in [0.1, 0.15) is 0 Å². The second-order valence-electron chi connectivity index (χ2n) is 5.25. The molecule has 0 amide bonds. The molecule has 1 unspecified atom stereocenters. The number of hydrogen-bond donors (Lipinski definition) is 1. The molecule has 1 N–H and O–H groups in total. The summed E-state index contributed by atoms with van der Waals surface area (Å²) in [6.07, 6.45) is 4.63. The van der Waals surface area contributed by atoms with Crippen LogP contribution in [0.3, 0.4) is 0 Å². The van der Waals surface area contributed by atoms with E-state index in [0.29, 0.717) is 0 Å². The summed E-state index contributed by atoms with van der Waals surface area (Å²) in [6.45, 7) is 7.34. The monoisotopic (exact) mass is 276 g/mol. The molecule has 2 rings (SSSR count). The van der Waals surface area contributed by atoms with Gasteiger partial charge in [-0.15, -0.1) is 18.3 Å². The van der Waals surface area contributed by atoms with E-state index < -0.39 is 0 Å². The second kappa shape index (κ2) is 7.61. The molecule has 0 aliphatic carbocycles. The van der Waals surface area contributed by atoms with Gasteiger partial charge in [-0.2, -0.15) is 0 Å². The van der Waals surface area contributed by atoms with Gasteiger partial charge in [0.2, 0.25) is 0 Å². The van der Waals surface area contributed by atoms with Crippen LogP contribution in [0.25, 0.3) is 0 Å². The molecule has 0 aromatic heterocycles. The lowest BCUT2D eigenvalue weighted by Crippen LogP contribution is -2.35. The van der Waals surface area contributed by atoms with Crippen LogP contribution >= 0.6 is 11.8 Å². The third kappa shape index (κ3) is 4.59. The van der Waals surface area contributed by atoms with Crippen molar-refractivity contribution in [2.75, 3.05) is 37.8 Å². The number of likely N-dealkylation sites (tertiary alicyclic amines) is 1. The minimum absolute atomic E-state index is 0.774. The van der Waals surface area contributed by atoms with E-state index in [1.54, 1.807) is 0 Å². The zero-order valence-corrected chi connectivity index (χ0v) is 12.6. The molecule has 1 heterocycles. The van der Waals surface area contributed by atoms with Gasteiger partial charge in [-0.25, -0.2) is 0 Å². The Morgan fingerprint density at radius 2 is 2.32 bits per heavy atom. The lowest BCUT2D eigenvalue weighted by atomic mass is 9.98. The molecule has 3 heteroatoms. The first-order valence-electron chi connectivity index (χ1n) is 7.04. The Morgan fingerprint density at radius 1 is 1.47 bits per heavy atom. The van der Waals surface area contributed by atoms with Crippen LogP contribution in [-0.2, 0) is 0 Å². The number of benzene rings is 1. The standard InChI is InChI=1S/C16H24N2S/c1-3-11-19-16-9-5-4-8-15(16)17-12-14-7-6-10-18(2)13-14/h3-5,8-9,14,17H,1,6-7,10-13H2,2H3. The topological polar surface area (TPSA) is 15.3 Å². The second-order valence-corrected chi connectivity index (χ2v) is 6.31. The van der Waals surface area contributed by atoms with E-state index in [0.717, 1.165) is 18.2 Å². The maximum atomic E-state index is 3.79. The average molecular weight is 276 g/mol. The SMILES string of the molecule is C=CCSc1ccccc1NCC1CCCN(C)C1. The predicted octanol–water partition coefficient (Wildman–Crippen LogP) is 3.72. The van der Waals surface area contributed by atoms with Crippen molar-refractivity contribution in [3.8, 4) is 0 Å². The molecule has 1 aromatic carbocycles. The zero-order chi connectivity index (χ0) is 13.5. The van der Waals surface area contributed by atoms with Crippen molar-refractivity contribution >= 4 is 17.4 Å². The van der Waals surface area contributed by atoms with Crippen molar-refractivity contribution in [3.05, 3.63) is 36.9 Å². The summed E-state index contributed by atoms with van der Waals surface area (Å²) < 4.78 is 0. The van der Waals surface area contributed by atoms with Crippen LogP contribution < -0.4 is 5.32 Å². The van der Waals surface area contributed by atoms with E-state index >= 15 is 0 Å². The zero-order valence-electron chi connectivity index (χ0n) is 11.8. The molecule has 0 saturated carbocycles. The van der Waals surface area contributed by atoms with Gasteiger partial charge in [0.15, 0.2) is 0 Å². The highest BCUT2D eigenvalue weighted by atomic mass is 32.2. The van der Waals surface area contributed by atoms with Gasteiger partial charge in [-0.3, -0.25) is 0 Å². The maximum Gasteiger partial charge on any atom is 0.0478 e. The van der Waals surface area contributed by atoms with Crippen molar-refractivity contribution in [2.24, 2.45) is 5.92 Å². The van der Waals surface area contributed by atoms with Crippen molar-refractivity contribution < 1.29 is 0 Å². The summed E-state index contributed by atoms with van der Waals surface area (Å²) in [6, 6.07) is 8.57. The van der Waals surface area contributed by atoms with E-state index in [-0.39, 0.29) is 0 Å². The number of para-hydroxylation sites is 1. The fraction of sp³-hybridized carbons (Fsp3) is 0.500. The van der Waals surface area contributed by atoms with Gasteiger partial charge < -0.3 is 10.2 Å². The molecule has 19 heavy (non-hydrogen) atoms. The van der Waals surface area contributed by atoms with E-state index in [1.807, 2.05) is 17.8 Å². The molecule has 0 radical (unpaired) electrons. The number of hydrogen-bond acceptors (Lipinski definition) is 3. The lowest BCUT2D eigenvalue weighted by Gasteiger charge is -2.30. The van der Waals surface area contributed by atoms with Crippen LogP contribution in [-0.4, -0.2) is 37.3 Å². The van der Waals surface area contributed by atoms with Crippen LogP contribution in [0.1, 0.15) is 12.8 Å². The summed E-state index contributed by atoms with van der Waals surface area (Å²) in [5.41, 5.74) is 1.27. The first-order valence-corrected chi connectivity index (χ1v) is 8.03. The summed E-state index contributed by atoms with van der Waals surface area (Å²) in [5, 5.41) is 3.63. The van der Waals surface area contributed by atoms with E-state index in [4.69, 9.17) is 0 Å². The molecule has 0 bridgehead atoms. The first kappa shape index (κ1) is 14.5. The highest BCUT2D eigenvalue weighted by Crippen LogP contribution is 2.27. The minimum Gasteiger partial charge on any atom is -0.384 e. The molecular weight excluding hydrogens is 252 g/mol. The largest absolute Gasteiger partial charge is 0.384 e. The molecule has 0 spiro atoms. The number of nitrogens with zero attached hydrogens (tertiary/aromatic N) is 1. The van der Waals surface area contributed by atoms with Crippen LogP contribution in [0, 0.1) is 5.92 Å². The van der Waals surface area contributed by atoms with Gasteiger partial charge in [-0.1, -0.05) is 18.2 Å². The number of thioether (sulfide) groups is 1. The fourth-order valence-electron chi connectivity index (χ4n) is 2.58. The van der Waals surface area contributed by atoms with Gasteiger partial charge in [0, 0.05) is 29.4 Å². The van der Waals surface area contributed by atoms with E-state index in [9.17, 15) is 0 Å². The Labute approximate surface area is 121 Å².